The number of nitrogens with one attached hydrogen (secondary N) is 2. The number of benzene rings is 1. The Morgan fingerprint density at radius 2 is 2.00 bits per heavy atom. The molecule has 0 spiro atoms. The van der Waals surface area contributed by atoms with Gasteiger partial charge in [0.25, 0.3) is 0 Å². The Morgan fingerprint density at radius 1 is 1.37 bits per heavy atom. The second-order valence-electron chi connectivity index (χ2n) is 4.99. The predicted molar refractivity (Wildman–Crippen MR) is 74.9 cm³/mol. The van der Waals surface area contributed by atoms with E-state index < -0.39 is 21.4 Å². The third-order valence-corrected chi connectivity index (χ3v) is 5.44. The first-order chi connectivity index (χ1) is 8.82. The molecule has 1 saturated heterocycles. The Hall–Kier alpha value is -0.500. The number of sulfonamides is 1. The molecule has 0 aliphatic carbocycles. The molecule has 0 saturated carbocycles. The molecule has 1 aliphatic rings. The zero-order valence-corrected chi connectivity index (χ0v) is 12.9. The maximum Gasteiger partial charge on any atom is 0.243 e. The third kappa shape index (κ3) is 3.53. The molecule has 0 aromatic heterocycles. The van der Waals surface area contributed by atoms with Crippen LogP contribution in [0.4, 0.5) is 4.39 Å². The lowest BCUT2D eigenvalue weighted by atomic mass is 9.92. The number of hydrogen-bond donors (Lipinski definition) is 2. The summed E-state index contributed by atoms with van der Waals surface area (Å²) < 4.78 is 41.4. The maximum absolute atomic E-state index is 13.8. The lowest BCUT2D eigenvalue weighted by Gasteiger charge is -2.34. The Balaban J connectivity index is 2.27. The minimum Gasteiger partial charge on any atom is -0.317 e. The second-order valence-corrected chi connectivity index (χ2v) is 7.56. The van der Waals surface area contributed by atoms with Gasteiger partial charge in [0.05, 0.1) is 0 Å². The zero-order chi connectivity index (χ0) is 14.1. The Kier molecular flexibility index (Phi) is 4.29. The Morgan fingerprint density at radius 3 is 2.58 bits per heavy atom. The van der Waals surface area contributed by atoms with Gasteiger partial charge in [-0.1, -0.05) is 15.9 Å². The van der Waals surface area contributed by atoms with E-state index in [-0.39, 0.29) is 4.90 Å². The molecule has 2 rings (SSSR count). The van der Waals surface area contributed by atoms with Crippen LogP contribution in [0, 0.1) is 5.82 Å². The summed E-state index contributed by atoms with van der Waals surface area (Å²) in [7, 11) is -3.84. The van der Waals surface area contributed by atoms with Crippen molar-refractivity contribution in [2.75, 3.05) is 13.1 Å². The summed E-state index contributed by atoms with van der Waals surface area (Å²) in [4.78, 5) is -0.310. The standard InChI is InChI=1S/C12H16BrFN2O2S/c1-12(4-6-15-7-5-12)16-19(17,18)11-3-2-9(13)8-10(11)14/h2-3,8,15-16H,4-7H2,1H3. The molecule has 1 aromatic carbocycles. The fraction of sp³-hybridized carbons (Fsp3) is 0.500. The van der Waals surface area contributed by atoms with Crippen molar-refractivity contribution in [1.29, 1.82) is 0 Å². The fourth-order valence-electron chi connectivity index (χ4n) is 2.15. The molecule has 0 bridgehead atoms. The van der Waals surface area contributed by atoms with Gasteiger partial charge in [-0.05, 0) is 51.1 Å². The molecule has 1 aromatic rings. The van der Waals surface area contributed by atoms with Gasteiger partial charge in [-0.15, -0.1) is 0 Å². The number of piperidine rings is 1. The molecular formula is C12H16BrFN2O2S. The summed E-state index contributed by atoms with van der Waals surface area (Å²) in [6, 6.07) is 3.94. The van der Waals surface area contributed by atoms with Crippen molar-refractivity contribution in [2.24, 2.45) is 0 Å². The van der Waals surface area contributed by atoms with Crippen LogP contribution in [-0.4, -0.2) is 27.0 Å². The minimum atomic E-state index is -3.84. The van der Waals surface area contributed by atoms with E-state index in [9.17, 15) is 12.8 Å². The van der Waals surface area contributed by atoms with E-state index in [2.05, 4.69) is 26.0 Å². The van der Waals surface area contributed by atoms with Crippen molar-refractivity contribution in [3.8, 4) is 0 Å². The molecule has 0 radical (unpaired) electrons. The van der Waals surface area contributed by atoms with Crippen molar-refractivity contribution < 1.29 is 12.8 Å². The van der Waals surface area contributed by atoms with Crippen molar-refractivity contribution in [1.82, 2.24) is 10.0 Å². The van der Waals surface area contributed by atoms with Gasteiger partial charge in [0.15, 0.2) is 0 Å². The van der Waals surface area contributed by atoms with Gasteiger partial charge in [-0.2, -0.15) is 0 Å². The monoisotopic (exact) mass is 350 g/mol. The Bertz CT molecular complexity index is 571. The van der Waals surface area contributed by atoms with Gasteiger partial charge >= 0.3 is 0 Å². The van der Waals surface area contributed by atoms with Crippen molar-refractivity contribution >= 4 is 26.0 Å². The van der Waals surface area contributed by atoms with E-state index in [1.54, 1.807) is 0 Å². The van der Waals surface area contributed by atoms with Crippen molar-refractivity contribution in [2.45, 2.75) is 30.2 Å². The lowest BCUT2D eigenvalue weighted by molar-refractivity contribution is 0.307. The van der Waals surface area contributed by atoms with Crippen molar-refractivity contribution in [3.63, 3.8) is 0 Å². The average Bonchev–Trinajstić information content (AvgIpc) is 2.27. The molecule has 1 aliphatic heterocycles. The highest BCUT2D eigenvalue weighted by atomic mass is 79.9. The molecule has 0 atom stereocenters. The van der Waals surface area contributed by atoms with Crippen LogP contribution in [0.15, 0.2) is 27.6 Å². The van der Waals surface area contributed by atoms with Gasteiger partial charge in [-0.3, -0.25) is 0 Å². The molecule has 1 heterocycles. The molecule has 4 nitrogen and oxygen atoms in total. The number of rotatable bonds is 3. The highest BCUT2D eigenvalue weighted by molar-refractivity contribution is 9.10. The molecule has 1 fully saturated rings. The molecule has 7 heteroatoms. The summed E-state index contributed by atoms with van der Waals surface area (Å²) in [6.07, 6.45) is 1.37. The van der Waals surface area contributed by atoms with E-state index >= 15 is 0 Å². The quantitative estimate of drug-likeness (QED) is 0.876. The van der Waals surface area contributed by atoms with Gasteiger partial charge in [-0.25, -0.2) is 17.5 Å². The molecule has 2 N–H and O–H groups in total. The topological polar surface area (TPSA) is 58.2 Å². The van der Waals surface area contributed by atoms with Gasteiger partial charge in [0, 0.05) is 10.0 Å². The van der Waals surface area contributed by atoms with Crippen LogP contribution in [-0.2, 0) is 10.0 Å². The van der Waals surface area contributed by atoms with Crippen molar-refractivity contribution in [3.05, 3.63) is 28.5 Å². The molecular weight excluding hydrogens is 335 g/mol. The number of halogens is 2. The smallest absolute Gasteiger partial charge is 0.243 e. The average molecular weight is 351 g/mol. The fourth-order valence-corrected chi connectivity index (χ4v) is 4.01. The third-order valence-electron chi connectivity index (χ3n) is 3.27. The predicted octanol–water partition coefficient (Wildman–Crippen LogP) is 2.01. The zero-order valence-electron chi connectivity index (χ0n) is 10.5. The SMILES string of the molecule is CC1(NS(=O)(=O)c2ccc(Br)cc2F)CCNCC1. The lowest BCUT2D eigenvalue weighted by Crippen LogP contribution is -2.52. The number of hydrogen-bond acceptors (Lipinski definition) is 3. The summed E-state index contributed by atoms with van der Waals surface area (Å²) in [5.74, 6) is -0.751. The maximum atomic E-state index is 13.8. The first kappa shape index (κ1) is 14.9. The van der Waals surface area contributed by atoms with E-state index in [1.807, 2.05) is 6.92 Å². The van der Waals surface area contributed by atoms with Crippen LogP contribution in [0.5, 0.6) is 0 Å². The van der Waals surface area contributed by atoms with Gasteiger partial charge in [0.1, 0.15) is 10.7 Å². The largest absolute Gasteiger partial charge is 0.317 e. The Labute approximate surface area is 121 Å². The van der Waals surface area contributed by atoms with E-state index in [1.165, 1.54) is 12.1 Å². The van der Waals surface area contributed by atoms with Crippen LogP contribution < -0.4 is 10.0 Å². The van der Waals surface area contributed by atoms with E-state index in [0.717, 1.165) is 19.2 Å². The summed E-state index contributed by atoms with van der Waals surface area (Å²) in [5.41, 5.74) is -0.524. The van der Waals surface area contributed by atoms with Crippen LogP contribution in [0.3, 0.4) is 0 Å². The normalized spacial score (nSPS) is 19.3. The molecule has 19 heavy (non-hydrogen) atoms. The summed E-state index contributed by atoms with van der Waals surface area (Å²) >= 11 is 3.11. The van der Waals surface area contributed by atoms with Crippen LogP contribution in [0.1, 0.15) is 19.8 Å². The van der Waals surface area contributed by atoms with E-state index in [0.29, 0.717) is 17.3 Å². The molecule has 0 amide bonds. The van der Waals surface area contributed by atoms with Crippen LogP contribution in [0.25, 0.3) is 0 Å². The first-order valence-electron chi connectivity index (χ1n) is 6.02. The molecule has 0 unspecified atom stereocenters. The highest BCUT2D eigenvalue weighted by Crippen LogP contribution is 2.24. The summed E-state index contributed by atoms with van der Waals surface area (Å²) in [6.45, 7) is 3.35. The second kappa shape index (κ2) is 5.47. The van der Waals surface area contributed by atoms with Gasteiger partial charge in [0.2, 0.25) is 10.0 Å². The summed E-state index contributed by atoms with van der Waals surface area (Å²) in [5, 5.41) is 3.17. The van der Waals surface area contributed by atoms with Crippen LogP contribution >= 0.6 is 15.9 Å². The molecule has 106 valence electrons. The van der Waals surface area contributed by atoms with E-state index in [4.69, 9.17) is 0 Å². The highest BCUT2D eigenvalue weighted by Gasteiger charge is 2.33. The van der Waals surface area contributed by atoms with Crippen LogP contribution in [0.2, 0.25) is 0 Å². The minimum absolute atomic E-state index is 0.310. The van der Waals surface area contributed by atoms with Gasteiger partial charge < -0.3 is 5.32 Å². The first-order valence-corrected chi connectivity index (χ1v) is 8.30.